The summed E-state index contributed by atoms with van der Waals surface area (Å²) in [7, 11) is 0. The van der Waals surface area contributed by atoms with E-state index in [2.05, 4.69) is 17.0 Å². The Morgan fingerprint density at radius 3 is 1.97 bits per heavy atom. The van der Waals surface area contributed by atoms with E-state index in [0.29, 0.717) is 11.5 Å². The summed E-state index contributed by atoms with van der Waals surface area (Å²) in [6.07, 6.45) is 0. The standard InChI is InChI=1S/C25H21N3O2S/c26-22(29)20-19(16-10-4-1-5-11-16)21-24(30-23(20)27)28(18-14-8-3-9-15-18)25(31-21)17-12-6-2-7-13-17/h1-15,19,25H,27H2,(H2,26,29). The number of nitrogens with two attached hydrogens (primary N) is 2. The largest absolute Gasteiger partial charge is 0.424 e. The molecule has 0 bridgehead atoms. The fourth-order valence-electron chi connectivity index (χ4n) is 4.08. The van der Waals surface area contributed by atoms with Crippen molar-refractivity contribution in [3.05, 3.63) is 124 Å². The lowest BCUT2D eigenvalue weighted by Gasteiger charge is -2.31. The van der Waals surface area contributed by atoms with Crippen LogP contribution in [0, 0.1) is 0 Å². The van der Waals surface area contributed by atoms with Crippen LogP contribution in [0.5, 0.6) is 0 Å². The Kier molecular flexibility index (Phi) is 4.92. The zero-order valence-corrected chi connectivity index (χ0v) is 17.5. The van der Waals surface area contributed by atoms with Gasteiger partial charge in [0.05, 0.1) is 16.4 Å². The number of amides is 1. The summed E-state index contributed by atoms with van der Waals surface area (Å²) in [6, 6.07) is 30.1. The molecule has 3 aromatic rings. The Labute approximate surface area is 185 Å². The van der Waals surface area contributed by atoms with Crippen molar-refractivity contribution in [1.29, 1.82) is 0 Å². The van der Waals surface area contributed by atoms with E-state index in [1.807, 2.05) is 78.9 Å². The smallest absolute Gasteiger partial charge is 0.251 e. The number of para-hydroxylation sites is 1. The quantitative estimate of drug-likeness (QED) is 0.637. The van der Waals surface area contributed by atoms with Gasteiger partial charge >= 0.3 is 0 Å². The van der Waals surface area contributed by atoms with Gasteiger partial charge in [-0.25, -0.2) is 0 Å². The topological polar surface area (TPSA) is 81.6 Å². The van der Waals surface area contributed by atoms with E-state index in [-0.39, 0.29) is 17.2 Å². The number of ether oxygens (including phenoxy) is 1. The van der Waals surface area contributed by atoms with E-state index in [1.165, 1.54) is 0 Å². The number of carbonyl (C=O) groups is 1. The molecular formula is C25H21N3O2S. The first kappa shape index (κ1) is 19.3. The Morgan fingerprint density at radius 1 is 0.839 bits per heavy atom. The van der Waals surface area contributed by atoms with Gasteiger partial charge in [-0.15, -0.1) is 0 Å². The lowest BCUT2D eigenvalue weighted by atomic mass is 9.89. The van der Waals surface area contributed by atoms with Crippen LogP contribution in [0.2, 0.25) is 0 Å². The predicted molar refractivity (Wildman–Crippen MR) is 123 cm³/mol. The summed E-state index contributed by atoms with van der Waals surface area (Å²) in [6.45, 7) is 0. The van der Waals surface area contributed by atoms with E-state index >= 15 is 0 Å². The number of allylic oxidation sites excluding steroid dienone is 1. The predicted octanol–water partition coefficient (Wildman–Crippen LogP) is 4.58. The minimum Gasteiger partial charge on any atom is -0.424 e. The lowest BCUT2D eigenvalue weighted by molar-refractivity contribution is -0.115. The Hall–Kier alpha value is -3.64. The molecule has 0 aliphatic carbocycles. The van der Waals surface area contributed by atoms with Crippen molar-refractivity contribution in [3.63, 3.8) is 0 Å². The molecule has 0 saturated carbocycles. The number of hydrogen-bond donors (Lipinski definition) is 2. The highest BCUT2D eigenvalue weighted by molar-refractivity contribution is 8.03. The number of carbonyl (C=O) groups excluding carboxylic acids is 1. The molecule has 0 fully saturated rings. The molecule has 5 nitrogen and oxygen atoms in total. The van der Waals surface area contributed by atoms with Gasteiger partial charge in [0.25, 0.3) is 5.91 Å². The van der Waals surface area contributed by atoms with Crippen molar-refractivity contribution >= 4 is 23.4 Å². The number of anilines is 1. The van der Waals surface area contributed by atoms with Crippen LogP contribution in [0.4, 0.5) is 5.69 Å². The lowest BCUT2D eigenvalue weighted by Crippen LogP contribution is -2.31. The highest BCUT2D eigenvalue weighted by Gasteiger charge is 2.45. The summed E-state index contributed by atoms with van der Waals surface area (Å²) >= 11 is 1.66. The molecule has 0 radical (unpaired) electrons. The minimum absolute atomic E-state index is 0.0512. The monoisotopic (exact) mass is 427 g/mol. The third-order valence-corrected chi connectivity index (χ3v) is 6.81. The van der Waals surface area contributed by atoms with Crippen LogP contribution in [0.25, 0.3) is 0 Å². The maximum Gasteiger partial charge on any atom is 0.251 e. The first-order chi connectivity index (χ1) is 15.1. The molecule has 2 atom stereocenters. The molecule has 6 heteroatoms. The van der Waals surface area contributed by atoms with E-state index < -0.39 is 5.91 Å². The molecule has 154 valence electrons. The molecule has 1 amide bonds. The van der Waals surface area contributed by atoms with Crippen LogP contribution < -0.4 is 16.4 Å². The summed E-state index contributed by atoms with van der Waals surface area (Å²) in [5.74, 6) is -0.267. The van der Waals surface area contributed by atoms with Crippen molar-refractivity contribution in [1.82, 2.24) is 0 Å². The Balaban J connectivity index is 1.69. The molecule has 2 heterocycles. The van der Waals surface area contributed by atoms with Crippen LogP contribution >= 0.6 is 11.8 Å². The van der Waals surface area contributed by atoms with Crippen molar-refractivity contribution in [2.75, 3.05) is 4.90 Å². The summed E-state index contributed by atoms with van der Waals surface area (Å²) in [5.41, 5.74) is 15.4. The highest BCUT2D eigenvalue weighted by Crippen LogP contribution is 2.57. The van der Waals surface area contributed by atoms with Gasteiger partial charge < -0.3 is 16.2 Å². The zero-order chi connectivity index (χ0) is 21.4. The van der Waals surface area contributed by atoms with Crippen molar-refractivity contribution in [3.8, 4) is 0 Å². The second-order valence-corrected chi connectivity index (χ2v) is 8.47. The molecule has 0 aromatic heterocycles. The number of thioether (sulfide) groups is 1. The maximum atomic E-state index is 12.4. The molecule has 2 unspecified atom stereocenters. The van der Waals surface area contributed by atoms with Gasteiger partial charge in [0.15, 0.2) is 0 Å². The molecule has 4 N–H and O–H groups in total. The van der Waals surface area contributed by atoms with Crippen LogP contribution in [0.3, 0.4) is 0 Å². The number of primary amides is 1. The van der Waals surface area contributed by atoms with Crippen LogP contribution in [-0.4, -0.2) is 5.91 Å². The zero-order valence-electron chi connectivity index (χ0n) is 16.6. The number of benzene rings is 3. The molecule has 31 heavy (non-hydrogen) atoms. The van der Waals surface area contributed by atoms with Gasteiger partial charge in [-0.3, -0.25) is 9.69 Å². The van der Waals surface area contributed by atoms with Crippen molar-refractivity contribution < 1.29 is 9.53 Å². The second kappa shape index (κ2) is 7.89. The van der Waals surface area contributed by atoms with Crippen LogP contribution in [0.15, 0.2) is 113 Å². The third kappa shape index (κ3) is 3.35. The van der Waals surface area contributed by atoms with E-state index in [1.54, 1.807) is 11.8 Å². The third-order valence-electron chi connectivity index (χ3n) is 5.44. The average molecular weight is 428 g/mol. The summed E-state index contributed by atoms with van der Waals surface area (Å²) in [4.78, 5) is 15.5. The fourth-order valence-corrected chi connectivity index (χ4v) is 5.56. The molecule has 5 rings (SSSR count). The van der Waals surface area contributed by atoms with E-state index in [0.717, 1.165) is 21.7 Å². The summed E-state index contributed by atoms with van der Waals surface area (Å²) in [5, 5.41) is -0.0696. The highest BCUT2D eigenvalue weighted by atomic mass is 32.2. The van der Waals surface area contributed by atoms with E-state index in [4.69, 9.17) is 16.2 Å². The molecule has 3 aromatic carbocycles. The van der Waals surface area contributed by atoms with Crippen molar-refractivity contribution in [2.24, 2.45) is 11.5 Å². The van der Waals surface area contributed by atoms with Gasteiger partial charge in [-0.05, 0) is 23.3 Å². The molecule has 0 saturated heterocycles. The summed E-state index contributed by atoms with van der Waals surface area (Å²) < 4.78 is 6.10. The first-order valence-corrected chi connectivity index (χ1v) is 10.9. The first-order valence-electron chi connectivity index (χ1n) is 9.97. The maximum absolute atomic E-state index is 12.4. The average Bonchev–Trinajstić information content (AvgIpc) is 3.18. The van der Waals surface area contributed by atoms with Crippen molar-refractivity contribution in [2.45, 2.75) is 11.3 Å². The fraction of sp³-hybridized carbons (Fsp3) is 0.0800. The Morgan fingerprint density at radius 2 is 1.39 bits per heavy atom. The number of hydrogen-bond acceptors (Lipinski definition) is 5. The minimum atomic E-state index is -0.576. The Bertz CT molecular complexity index is 1180. The number of rotatable bonds is 4. The molecule has 2 aliphatic rings. The van der Waals surface area contributed by atoms with Gasteiger partial charge in [0.1, 0.15) is 5.37 Å². The van der Waals surface area contributed by atoms with Crippen LogP contribution in [0.1, 0.15) is 22.4 Å². The van der Waals surface area contributed by atoms with Gasteiger partial charge in [-0.2, -0.15) is 0 Å². The molecule has 0 spiro atoms. The number of nitrogens with zero attached hydrogens (tertiary/aromatic N) is 1. The molecular weight excluding hydrogens is 406 g/mol. The molecule has 2 aliphatic heterocycles. The second-order valence-electron chi connectivity index (χ2n) is 7.34. The van der Waals surface area contributed by atoms with Crippen LogP contribution in [-0.2, 0) is 9.53 Å². The van der Waals surface area contributed by atoms with E-state index in [9.17, 15) is 4.79 Å². The SMILES string of the molecule is NC(=O)C1=C(N)OC2=C(SC(c3ccccc3)N2c2ccccc2)C1c1ccccc1. The van der Waals surface area contributed by atoms with Gasteiger partial charge in [0.2, 0.25) is 11.8 Å². The van der Waals surface area contributed by atoms with Gasteiger partial charge in [0, 0.05) is 5.69 Å². The normalized spacial score (nSPS) is 20.5. The van der Waals surface area contributed by atoms with Gasteiger partial charge in [-0.1, -0.05) is 90.6 Å².